The molecule has 0 atom stereocenters. The SMILES string of the molecule is CCCCC(c1c[nH]c2cc3c(cc12)OOC3)c1c[nH]c2cc3c(cc12)OOC3. The molecule has 6 nitrogen and oxygen atoms in total. The van der Waals surface area contributed by atoms with Gasteiger partial charge in [0.05, 0.1) is 0 Å². The van der Waals surface area contributed by atoms with Crippen LogP contribution in [-0.4, -0.2) is 9.97 Å². The minimum atomic E-state index is 0.262. The molecule has 29 heavy (non-hydrogen) atoms. The molecule has 148 valence electrons. The van der Waals surface area contributed by atoms with Crippen LogP contribution in [0.3, 0.4) is 0 Å². The fourth-order valence-electron chi connectivity index (χ4n) is 4.59. The molecule has 0 bridgehead atoms. The maximum Gasteiger partial charge on any atom is 0.171 e. The van der Waals surface area contributed by atoms with Gasteiger partial charge in [0.2, 0.25) is 0 Å². The van der Waals surface area contributed by atoms with E-state index < -0.39 is 0 Å². The lowest BCUT2D eigenvalue weighted by molar-refractivity contribution is -0.194. The Bertz CT molecular complexity index is 1130. The fourth-order valence-corrected chi connectivity index (χ4v) is 4.59. The predicted octanol–water partition coefficient (Wildman–Crippen LogP) is 5.62. The maximum atomic E-state index is 5.35. The molecule has 2 aliphatic heterocycles. The first-order chi connectivity index (χ1) is 14.3. The topological polar surface area (TPSA) is 68.5 Å². The Morgan fingerprint density at radius 1 is 0.828 bits per heavy atom. The number of H-pyrrole nitrogens is 2. The Morgan fingerprint density at radius 3 is 1.90 bits per heavy atom. The number of aromatic nitrogens is 2. The average Bonchev–Trinajstić information content (AvgIpc) is 3.51. The number of hydrogen-bond acceptors (Lipinski definition) is 4. The predicted molar refractivity (Wildman–Crippen MR) is 109 cm³/mol. The van der Waals surface area contributed by atoms with Crippen molar-refractivity contribution in [3.8, 4) is 11.5 Å². The number of benzene rings is 2. The van der Waals surface area contributed by atoms with E-state index in [1.807, 2.05) is 0 Å². The minimum Gasteiger partial charge on any atom is -0.361 e. The maximum absolute atomic E-state index is 5.35. The van der Waals surface area contributed by atoms with Crippen molar-refractivity contribution in [3.05, 3.63) is 58.9 Å². The van der Waals surface area contributed by atoms with E-state index in [0.29, 0.717) is 13.2 Å². The molecular weight excluding hydrogens is 368 g/mol. The summed E-state index contributed by atoms with van der Waals surface area (Å²) in [5, 5.41) is 2.37. The molecule has 6 rings (SSSR count). The summed E-state index contributed by atoms with van der Waals surface area (Å²) in [5.41, 5.74) is 6.96. The number of unbranched alkanes of at least 4 members (excludes halogenated alkanes) is 1. The van der Waals surface area contributed by atoms with Crippen LogP contribution in [0.5, 0.6) is 11.5 Å². The van der Waals surface area contributed by atoms with Gasteiger partial charge in [-0.2, -0.15) is 9.78 Å². The number of hydrogen-bond donors (Lipinski definition) is 2. The number of aromatic amines is 2. The lowest BCUT2D eigenvalue weighted by Crippen LogP contribution is -2.00. The third kappa shape index (κ3) is 2.63. The van der Waals surface area contributed by atoms with Crippen molar-refractivity contribution < 1.29 is 19.6 Å². The third-order valence-corrected chi connectivity index (χ3v) is 6.11. The zero-order valence-electron chi connectivity index (χ0n) is 16.2. The van der Waals surface area contributed by atoms with E-state index in [4.69, 9.17) is 19.6 Å². The van der Waals surface area contributed by atoms with Gasteiger partial charge in [0.1, 0.15) is 13.2 Å². The molecule has 0 aliphatic carbocycles. The van der Waals surface area contributed by atoms with Crippen molar-refractivity contribution in [1.82, 2.24) is 9.97 Å². The summed E-state index contributed by atoms with van der Waals surface area (Å²) in [4.78, 5) is 27.9. The van der Waals surface area contributed by atoms with Gasteiger partial charge in [-0.3, -0.25) is 0 Å². The summed E-state index contributed by atoms with van der Waals surface area (Å²) in [6.07, 6.45) is 7.66. The molecule has 0 fully saturated rings. The van der Waals surface area contributed by atoms with Crippen molar-refractivity contribution in [2.24, 2.45) is 0 Å². The van der Waals surface area contributed by atoms with Crippen molar-refractivity contribution in [3.63, 3.8) is 0 Å². The molecule has 4 heterocycles. The Labute approximate surface area is 167 Å². The van der Waals surface area contributed by atoms with Crippen LogP contribution in [0.25, 0.3) is 21.8 Å². The van der Waals surface area contributed by atoms with Crippen LogP contribution in [0.1, 0.15) is 54.4 Å². The largest absolute Gasteiger partial charge is 0.361 e. The first kappa shape index (κ1) is 16.9. The lowest BCUT2D eigenvalue weighted by Gasteiger charge is -2.16. The highest BCUT2D eigenvalue weighted by molar-refractivity contribution is 5.90. The van der Waals surface area contributed by atoms with Crippen LogP contribution in [0, 0.1) is 0 Å². The summed E-state index contributed by atoms with van der Waals surface area (Å²) in [6.45, 7) is 3.22. The molecular formula is C23H22N2O4. The highest BCUT2D eigenvalue weighted by Crippen LogP contribution is 2.42. The van der Waals surface area contributed by atoms with Crippen LogP contribution in [0.2, 0.25) is 0 Å². The standard InChI is InChI=1S/C23H22N2O4/c1-2-3-4-15(18-9-24-20-5-13-11-26-28-22(13)7-16(18)20)19-10-25-21-6-14-12-27-29-23(14)8-17(19)21/h5-10,15,24-25H,2-4,11-12H2,1H3. The van der Waals surface area contributed by atoms with Crippen LogP contribution in [0.15, 0.2) is 36.7 Å². The van der Waals surface area contributed by atoms with Crippen LogP contribution in [-0.2, 0) is 23.0 Å². The van der Waals surface area contributed by atoms with E-state index in [1.54, 1.807) is 0 Å². The smallest absolute Gasteiger partial charge is 0.171 e. The number of rotatable bonds is 5. The summed E-state index contributed by atoms with van der Waals surface area (Å²) in [5.74, 6) is 1.89. The summed E-state index contributed by atoms with van der Waals surface area (Å²) in [7, 11) is 0. The average molecular weight is 390 g/mol. The second kappa shape index (κ2) is 6.54. The summed E-state index contributed by atoms with van der Waals surface area (Å²) < 4.78 is 0. The molecule has 6 heteroatoms. The minimum absolute atomic E-state index is 0.262. The monoisotopic (exact) mass is 390 g/mol. The van der Waals surface area contributed by atoms with Crippen LogP contribution in [0.4, 0.5) is 0 Å². The number of fused-ring (bicyclic) bond motifs is 4. The van der Waals surface area contributed by atoms with Crippen molar-refractivity contribution in [1.29, 1.82) is 0 Å². The molecule has 0 saturated heterocycles. The Kier molecular flexibility index (Phi) is 3.82. The normalized spacial score (nSPS) is 15.1. The highest BCUT2D eigenvalue weighted by Gasteiger charge is 2.25. The number of nitrogens with one attached hydrogen (secondary N) is 2. The first-order valence-corrected chi connectivity index (χ1v) is 10.2. The van der Waals surface area contributed by atoms with E-state index in [9.17, 15) is 0 Å². The van der Waals surface area contributed by atoms with Gasteiger partial charge >= 0.3 is 0 Å². The van der Waals surface area contributed by atoms with Crippen molar-refractivity contribution in [2.45, 2.75) is 45.3 Å². The van der Waals surface area contributed by atoms with Gasteiger partial charge in [-0.25, -0.2) is 0 Å². The van der Waals surface area contributed by atoms with Gasteiger partial charge in [-0.05, 0) is 41.8 Å². The fraction of sp³-hybridized carbons (Fsp3) is 0.304. The molecule has 2 aromatic heterocycles. The molecule has 0 unspecified atom stereocenters. The van der Waals surface area contributed by atoms with E-state index >= 15 is 0 Å². The molecule has 2 N–H and O–H groups in total. The zero-order chi connectivity index (χ0) is 19.4. The highest BCUT2D eigenvalue weighted by atomic mass is 17.2. The van der Waals surface area contributed by atoms with Gasteiger partial charge in [0.25, 0.3) is 0 Å². The summed E-state index contributed by atoms with van der Waals surface area (Å²) in [6, 6.07) is 8.47. The van der Waals surface area contributed by atoms with Crippen LogP contribution < -0.4 is 9.78 Å². The molecule has 2 aliphatic rings. The second-order valence-corrected chi connectivity index (χ2v) is 7.88. The Balaban J connectivity index is 1.51. The first-order valence-electron chi connectivity index (χ1n) is 10.2. The molecule has 0 spiro atoms. The van der Waals surface area contributed by atoms with Crippen molar-refractivity contribution in [2.75, 3.05) is 0 Å². The second-order valence-electron chi connectivity index (χ2n) is 7.88. The molecule has 0 radical (unpaired) electrons. The third-order valence-electron chi connectivity index (χ3n) is 6.11. The lowest BCUT2D eigenvalue weighted by atomic mass is 9.86. The van der Waals surface area contributed by atoms with E-state index in [-0.39, 0.29) is 5.92 Å². The van der Waals surface area contributed by atoms with Gasteiger partial charge in [0.15, 0.2) is 11.5 Å². The van der Waals surface area contributed by atoms with Gasteiger partial charge in [-0.1, -0.05) is 19.8 Å². The van der Waals surface area contributed by atoms with E-state index in [0.717, 1.165) is 52.9 Å². The molecule has 4 aromatic rings. The van der Waals surface area contributed by atoms with Gasteiger partial charge in [0, 0.05) is 51.2 Å². The summed E-state index contributed by atoms with van der Waals surface area (Å²) >= 11 is 0. The molecule has 0 saturated carbocycles. The Hall–Kier alpha value is -2.96. The Morgan fingerprint density at radius 2 is 1.38 bits per heavy atom. The van der Waals surface area contributed by atoms with E-state index in [2.05, 4.69) is 53.6 Å². The molecule has 2 aromatic carbocycles. The van der Waals surface area contributed by atoms with Crippen LogP contribution >= 0.6 is 0 Å². The van der Waals surface area contributed by atoms with Gasteiger partial charge < -0.3 is 19.7 Å². The quantitative estimate of drug-likeness (QED) is 0.434. The van der Waals surface area contributed by atoms with Gasteiger partial charge in [-0.15, -0.1) is 0 Å². The van der Waals surface area contributed by atoms with E-state index in [1.165, 1.54) is 21.9 Å². The van der Waals surface area contributed by atoms with Crippen molar-refractivity contribution >= 4 is 21.8 Å². The zero-order valence-corrected chi connectivity index (χ0v) is 16.2. The molecule has 0 amide bonds.